The number of hydrogen-bond acceptors (Lipinski definition) is 6. The standard InChI is InChI=1S/C16H22FN3O4/c17-14-5-11(20-8-13(6-18)24-16(20)22)3-4-15(14)23-9-12(21)7-19-10-1-2-10/h3-5,10,12-13,19,21H,1-2,6-9,18H2/t12?,13-/m1/s1. The second-order valence-corrected chi connectivity index (χ2v) is 6.11. The van der Waals surface area contributed by atoms with Crippen LogP contribution < -0.4 is 20.7 Å². The zero-order valence-corrected chi connectivity index (χ0v) is 13.3. The molecule has 0 bridgehead atoms. The molecule has 2 aliphatic rings. The molecule has 1 aromatic carbocycles. The quantitative estimate of drug-likeness (QED) is 0.642. The number of carbonyl (C=O) groups is 1. The van der Waals surface area contributed by atoms with Gasteiger partial charge in [-0.25, -0.2) is 9.18 Å². The van der Waals surface area contributed by atoms with Gasteiger partial charge in [0.05, 0.1) is 12.2 Å². The van der Waals surface area contributed by atoms with Crippen LogP contribution in [0.4, 0.5) is 14.9 Å². The first-order chi connectivity index (χ1) is 11.6. The molecule has 1 aliphatic heterocycles. The number of amides is 1. The summed E-state index contributed by atoms with van der Waals surface area (Å²) in [4.78, 5) is 13.1. The molecular weight excluding hydrogens is 317 g/mol. The lowest BCUT2D eigenvalue weighted by atomic mass is 10.2. The van der Waals surface area contributed by atoms with Crippen molar-refractivity contribution < 1.29 is 23.8 Å². The Bertz CT molecular complexity index is 597. The second-order valence-electron chi connectivity index (χ2n) is 6.11. The third-order valence-corrected chi connectivity index (χ3v) is 4.01. The summed E-state index contributed by atoms with van der Waals surface area (Å²) in [6.07, 6.45) is 0.635. The van der Waals surface area contributed by atoms with Crippen LogP contribution in [0.25, 0.3) is 0 Å². The van der Waals surface area contributed by atoms with Gasteiger partial charge in [-0.3, -0.25) is 4.90 Å². The van der Waals surface area contributed by atoms with Crippen molar-refractivity contribution in [2.75, 3.05) is 31.1 Å². The van der Waals surface area contributed by atoms with Gasteiger partial charge in [0, 0.05) is 25.2 Å². The van der Waals surface area contributed by atoms with E-state index < -0.39 is 18.0 Å². The summed E-state index contributed by atoms with van der Waals surface area (Å²) in [5.74, 6) is -0.564. The topological polar surface area (TPSA) is 97.0 Å². The number of nitrogens with two attached hydrogens (primary N) is 1. The number of rotatable bonds is 8. The maximum atomic E-state index is 14.2. The van der Waals surface area contributed by atoms with E-state index in [0.717, 1.165) is 12.8 Å². The van der Waals surface area contributed by atoms with E-state index in [1.165, 1.54) is 17.0 Å². The molecule has 2 atom stereocenters. The SMILES string of the molecule is NC[C@@H]1CN(c2ccc(OCC(O)CNC3CC3)c(F)c2)C(=O)O1. The van der Waals surface area contributed by atoms with E-state index in [9.17, 15) is 14.3 Å². The van der Waals surface area contributed by atoms with Crippen LogP contribution >= 0.6 is 0 Å². The summed E-state index contributed by atoms with van der Waals surface area (Å²) in [5.41, 5.74) is 5.86. The number of aliphatic hydroxyl groups excluding tert-OH is 1. The number of nitrogens with one attached hydrogen (secondary N) is 1. The minimum atomic E-state index is -0.705. The van der Waals surface area contributed by atoms with Crippen LogP contribution in [0, 0.1) is 5.82 Å². The first-order valence-electron chi connectivity index (χ1n) is 8.09. The lowest BCUT2D eigenvalue weighted by Crippen LogP contribution is -2.32. The van der Waals surface area contributed by atoms with Crippen molar-refractivity contribution in [2.24, 2.45) is 5.73 Å². The predicted molar refractivity (Wildman–Crippen MR) is 85.6 cm³/mol. The zero-order valence-electron chi connectivity index (χ0n) is 13.3. The van der Waals surface area contributed by atoms with Gasteiger partial charge in [0.15, 0.2) is 11.6 Å². The lowest BCUT2D eigenvalue weighted by Gasteiger charge is -2.16. The monoisotopic (exact) mass is 339 g/mol. The Kier molecular flexibility index (Phi) is 5.17. The van der Waals surface area contributed by atoms with Crippen LogP contribution in [0.15, 0.2) is 18.2 Å². The Morgan fingerprint density at radius 2 is 2.29 bits per heavy atom. The van der Waals surface area contributed by atoms with E-state index in [0.29, 0.717) is 24.8 Å². The fourth-order valence-electron chi connectivity index (χ4n) is 2.46. The molecule has 1 heterocycles. The smallest absolute Gasteiger partial charge is 0.414 e. The van der Waals surface area contributed by atoms with Crippen molar-refractivity contribution in [3.63, 3.8) is 0 Å². The minimum absolute atomic E-state index is 0.00299. The molecule has 7 nitrogen and oxygen atoms in total. The van der Waals surface area contributed by atoms with Gasteiger partial charge in [0.2, 0.25) is 0 Å². The molecule has 1 aromatic rings. The van der Waals surface area contributed by atoms with Crippen molar-refractivity contribution in [3.05, 3.63) is 24.0 Å². The van der Waals surface area contributed by atoms with Gasteiger partial charge in [-0.1, -0.05) is 0 Å². The molecular formula is C16H22FN3O4. The molecule has 1 amide bonds. The lowest BCUT2D eigenvalue weighted by molar-refractivity contribution is 0.104. The van der Waals surface area contributed by atoms with Crippen molar-refractivity contribution >= 4 is 11.8 Å². The van der Waals surface area contributed by atoms with E-state index in [2.05, 4.69) is 5.32 Å². The van der Waals surface area contributed by atoms with Crippen LogP contribution in [0.2, 0.25) is 0 Å². The molecule has 132 valence electrons. The van der Waals surface area contributed by atoms with Crippen molar-refractivity contribution in [2.45, 2.75) is 31.1 Å². The van der Waals surface area contributed by atoms with Gasteiger partial charge in [0.1, 0.15) is 18.8 Å². The van der Waals surface area contributed by atoms with Gasteiger partial charge in [-0.15, -0.1) is 0 Å². The van der Waals surface area contributed by atoms with Gasteiger partial charge in [0.25, 0.3) is 0 Å². The van der Waals surface area contributed by atoms with Gasteiger partial charge in [-0.05, 0) is 25.0 Å². The number of anilines is 1. The first kappa shape index (κ1) is 16.9. The van der Waals surface area contributed by atoms with E-state index in [1.807, 2.05) is 0 Å². The average Bonchev–Trinajstić information content (AvgIpc) is 3.32. The molecule has 0 aromatic heterocycles. The van der Waals surface area contributed by atoms with Crippen LogP contribution in [0.1, 0.15) is 12.8 Å². The van der Waals surface area contributed by atoms with Crippen LogP contribution in [0.5, 0.6) is 5.75 Å². The highest BCUT2D eigenvalue weighted by Crippen LogP contribution is 2.27. The zero-order chi connectivity index (χ0) is 17.1. The molecule has 1 aliphatic carbocycles. The molecule has 4 N–H and O–H groups in total. The van der Waals surface area contributed by atoms with Crippen molar-refractivity contribution in [3.8, 4) is 5.75 Å². The Labute approximate surface area is 139 Å². The number of halogens is 1. The highest BCUT2D eigenvalue weighted by atomic mass is 19.1. The highest BCUT2D eigenvalue weighted by molar-refractivity contribution is 5.89. The fourth-order valence-corrected chi connectivity index (χ4v) is 2.46. The molecule has 0 radical (unpaired) electrons. The summed E-state index contributed by atoms with van der Waals surface area (Å²) < 4.78 is 24.5. The van der Waals surface area contributed by atoms with Gasteiger partial charge < -0.3 is 25.6 Å². The number of hydrogen-bond donors (Lipinski definition) is 3. The number of cyclic esters (lactones) is 1. The van der Waals surface area contributed by atoms with E-state index >= 15 is 0 Å². The molecule has 1 saturated heterocycles. The molecule has 1 unspecified atom stereocenters. The highest BCUT2D eigenvalue weighted by Gasteiger charge is 2.31. The van der Waals surface area contributed by atoms with Crippen molar-refractivity contribution in [1.82, 2.24) is 5.32 Å². The van der Waals surface area contributed by atoms with Gasteiger partial charge >= 0.3 is 6.09 Å². The first-order valence-corrected chi connectivity index (χ1v) is 8.09. The maximum Gasteiger partial charge on any atom is 0.414 e. The van der Waals surface area contributed by atoms with Crippen LogP contribution in [0.3, 0.4) is 0 Å². The molecule has 2 fully saturated rings. The number of aliphatic hydroxyl groups is 1. The van der Waals surface area contributed by atoms with E-state index in [-0.39, 0.29) is 25.0 Å². The summed E-state index contributed by atoms with van der Waals surface area (Å²) in [6, 6.07) is 4.72. The molecule has 0 spiro atoms. The Morgan fingerprint density at radius 1 is 1.50 bits per heavy atom. The molecule has 1 saturated carbocycles. The summed E-state index contributed by atoms with van der Waals surface area (Å²) in [5, 5.41) is 13.0. The van der Waals surface area contributed by atoms with Crippen molar-refractivity contribution in [1.29, 1.82) is 0 Å². The Morgan fingerprint density at radius 3 is 2.92 bits per heavy atom. The predicted octanol–water partition coefficient (Wildman–Crippen LogP) is 0.601. The number of ether oxygens (including phenoxy) is 2. The molecule has 3 rings (SSSR count). The van der Waals surface area contributed by atoms with E-state index in [4.69, 9.17) is 15.2 Å². The minimum Gasteiger partial charge on any atom is -0.488 e. The second kappa shape index (κ2) is 7.33. The third-order valence-electron chi connectivity index (χ3n) is 4.01. The van der Waals surface area contributed by atoms with Crippen LogP contribution in [-0.4, -0.2) is 55.7 Å². The van der Waals surface area contributed by atoms with Gasteiger partial charge in [-0.2, -0.15) is 0 Å². The number of nitrogens with zero attached hydrogens (tertiary/aromatic N) is 1. The summed E-state index contributed by atoms with van der Waals surface area (Å²) in [6.45, 7) is 0.931. The normalized spacial score (nSPS) is 21.7. The third kappa shape index (κ3) is 4.14. The number of benzene rings is 1. The number of carbonyl (C=O) groups excluding carboxylic acids is 1. The molecule has 24 heavy (non-hydrogen) atoms. The largest absolute Gasteiger partial charge is 0.488 e. The summed E-state index contributed by atoms with van der Waals surface area (Å²) in [7, 11) is 0. The maximum absolute atomic E-state index is 14.2. The average molecular weight is 339 g/mol. The summed E-state index contributed by atoms with van der Waals surface area (Å²) >= 11 is 0. The Hall–Kier alpha value is -1.90. The molecule has 8 heteroatoms. The Balaban J connectivity index is 1.55. The van der Waals surface area contributed by atoms with Crippen LogP contribution in [-0.2, 0) is 4.74 Å². The van der Waals surface area contributed by atoms with E-state index in [1.54, 1.807) is 6.07 Å². The fraction of sp³-hybridized carbons (Fsp3) is 0.562.